The van der Waals surface area contributed by atoms with Crippen molar-refractivity contribution >= 4 is 11.8 Å². The second-order valence-electron chi connectivity index (χ2n) is 5.30. The van der Waals surface area contributed by atoms with E-state index in [2.05, 4.69) is 25.9 Å². The summed E-state index contributed by atoms with van der Waals surface area (Å²) in [6, 6.07) is 0.448. The lowest BCUT2D eigenvalue weighted by atomic mass is 9.96. The van der Waals surface area contributed by atoms with Crippen molar-refractivity contribution in [2.24, 2.45) is 0 Å². The lowest BCUT2D eigenvalue weighted by Gasteiger charge is -2.26. The molecule has 19 heavy (non-hydrogen) atoms. The number of aryl methyl sites for hydroxylation is 1. The van der Waals surface area contributed by atoms with Gasteiger partial charge in [-0.1, -0.05) is 0 Å². The highest BCUT2D eigenvalue weighted by Crippen LogP contribution is 2.25. The topological polar surface area (TPSA) is 87.9 Å². The summed E-state index contributed by atoms with van der Waals surface area (Å²) in [6.07, 6.45) is 4.52. The molecule has 1 atom stereocenters. The smallest absolute Gasteiger partial charge is 0.222 e. The van der Waals surface area contributed by atoms with Crippen LogP contribution in [0, 0.1) is 0 Å². The van der Waals surface area contributed by atoms with E-state index in [1.54, 1.807) is 0 Å². The van der Waals surface area contributed by atoms with Crippen LogP contribution in [0.4, 0.5) is 11.8 Å². The molecule has 104 valence electrons. The molecule has 1 aromatic rings. The van der Waals surface area contributed by atoms with Gasteiger partial charge in [-0.2, -0.15) is 4.98 Å². The summed E-state index contributed by atoms with van der Waals surface area (Å²) in [4.78, 5) is 8.75. The number of anilines is 2. The Labute approximate surface area is 113 Å². The molecule has 1 saturated heterocycles. The van der Waals surface area contributed by atoms with Crippen molar-refractivity contribution in [3.05, 3.63) is 11.3 Å². The van der Waals surface area contributed by atoms with E-state index in [1.807, 2.05) is 0 Å². The molecule has 2 aliphatic rings. The number of nitrogens with zero attached hydrogens (tertiary/aromatic N) is 2. The van der Waals surface area contributed by atoms with Crippen LogP contribution >= 0.6 is 0 Å². The summed E-state index contributed by atoms with van der Waals surface area (Å²) in [5.74, 6) is 1.33. The molecule has 1 fully saturated rings. The van der Waals surface area contributed by atoms with E-state index in [9.17, 15) is 0 Å². The number of aromatic nitrogens is 2. The molecule has 1 unspecified atom stereocenters. The predicted molar refractivity (Wildman–Crippen MR) is 76.2 cm³/mol. The second kappa shape index (κ2) is 5.71. The van der Waals surface area contributed by atoms with Crippen molar-refractivity contribution in [1.29, 1.82) is 0 Å². The van der Waals surface area contributed by atoms with E-state index in [0.29, 0.717) is 12.0 Å². The largest absolute Gasteiger partial charge is 0.368 e. The van der Waals surface area contributed by atoms with Crippen molar-refractivity contribution in [2.45, 2.75) is 31.7 Å². The van der Waals surface area contributed by atoms with Crippen molar-refractivity contribution in [3.8, 4) is 0 Å². The number of fused-ring (bicyclic) bond motifs is 1. The van der Waals surface area contributed by atoms with Gasteiger partial charge in [0.25, 0.3) is 0 Å². The predicted octanol–water partition coefficient (Wildman–Crippen LogP) is -0.0891. The van der Waals surface area contributed by atoms with Crippen LogP contribution in [0.3, 0.4) is 0 Å². The van der Waals surface area contributed by atoms with Gasteiger partial charge in [0.15, 0.2) is 0 Å². The first-order chi connectivity index (χ1) is 9.33. The Bertz CT molecular complexity index is 441. The highest BCUT2D eigenvalue weighted by molar-refractivity contribution is 5.50. The summed E-state index contributed by atoms with van der Waals surface area (Å²) >= 11 is 0. The quantitative estimate of drug-likeness (QED) is 0.609. The zero-order valence-electron chi connectivity index (χ0n) is 11.2. The number of nitrogen functional groups attached to an aromatic ring is 1. The zero-order valence-corrected chi connectivity index (χ0v) is 11.2. The second-order valence-corrected chi connectivity index (χ2v) is 5.30. The lowest BCUT2D eigenvalue weighted by Crippen LogP contribution is -2.51. The van der Waals surface area contributed by atoms with Gasteiger partial charge < -0.3 is 21.7 Å². The van der Waals surface area contributed by atoms with E-state index < -0.39 is 0 Å². The highest BCUT2D eigenvalue weighted by atomic mass is 15.1. The molecule has 6 nitrogen and oxygen atoms in total. The van der Waals surface area contributed by atoms with Crippen LogP contribution in [0.2, 0.25) is 0 Å². The normalized spacial score (nSPS) is 22.8. The van der Waals surface area contributed by atoms with Gasteiger partial charge in [0.1, 0.15) is 5.82 Å². The van der Waals surface area contributed by atoms with Crippen molar-refractivity contribution in [1.82, 2.24) is 20.6 Å². The number of rotatable bonds is 3. The monoisotopic (exact) mass is 262 g/mol. The maximum absolute atomic E-state index is 5.80. The van der Waals surface area contributed by atoms with Crippen molar-refractivity contribution in [3.63, 3.8) is 0 Å². The van der Waals surface area contributed by atoms with Crippen LogP contribution in [-0.2, 0) is 12.8 Å². The third-order valence-electron chi connectivity index (χ3n) is 3.84. The molecule has 0 saturated carbocycles. The zero-order chi connectivity index (χ0) is 13.1. The van der Waals surface area contributed by atoms with Gasteiger partial charge in [0, 0.05) is 37.8 Å². The molecule has 5 N–H and O–H groups in total. The molecule has 0 amide bonds. The Morgan fingerprint density at radius 3 is 2.95 bits per heavy atom. The first kappa shape index (κ1) is 12.6. The Kier molecular flexibility index (Phi) is 3.79. The van der Waals surface area contributed by atoms with E-state index >= 15 is 0 Å². The van der Waals surface area contributed by atoms with Gasteiger partial charge in [-0.15, -0.1) is 0 Å². The summed E-state index contributed by atoms with van der Waals surface area (Å²) in [5, 5.41) is 10.3. The van der Waals surface area contributed by atoms with Crippen LogP contribution in [-0.4, -0.2) is 42.2 Å². The van der Waals surface area contributed by atoms with Crippen LogP contribution in [0.25, 0.3) is 0 Å². The molecule has 1 aliphatic heterocycles. The molecule has 0 radical (unpaired) electrons. The van der Waals surface area contributed by atoms with Crippen LogP contribution < -0.4 is 21.7 Å². The lowest BCUT2D eigenvalue weighted by molar-refractivity contribution is 0.431. The maximum Gasteiger partial charge on any atom is 0.222 e. The molecule has 1 aliphatic carbocycles. The molecule has 6 heteroatoms. The minimum Gasteiger partial charge on any atom is -0.368 e. The molecular weight excluding hydrogens is 240 g/mol. The Morgan fingerprint density at radius 2 is 2.11 bits per heavy atom. The molecular formula is C13H22N6. The third-order valence-corrected chi connectivity index (χ3v) is 3.84. The molecule has 3 rings (SSSR count). The number of hydrogen-bond donors (Lipinski definition) is 4. The van der Waals surface area contributed by atoms with Crippen molar-refractivity contribution < 1.29 is 0 Å². The number of piperazine rings is 1. The summed E-state index contributed by atoms with van der Waals surface area (Å²) < 4.78 is 0. The molecule has 0 spiro atoms. The van der Waals surface area contributed by atoms with Gasteiger partial charge >= 0.3 is 0 Å². The van der Waals surface area contributed by atoms with Gasteiger partial charge in [0.2, 0.25) is 5.95 Å². The Hall–Kier alpha value is -1.40. The molecule has 0 aromatic carbocycles. The fraction of sp³-hybridized carbons (Fsp3) is 0.692. The first-order valence-corrected chi connectivity index (χ1v) is 7.16. The van der Waals surface area contributed by atoms with Crippen LogP contribution in [0.5, 0.6) is 0 Å². The fourth-order valence-corrected chi connectivity index (χ4v) is 2.84. The summed E-state index contributed by atoms with van der Waals surface area (Å²) in [6.45, 7) is 3.94. The summed E-state index contributed by atoms with van der Waals surface area (Å²) in [5.41, 5.74) is 8.20. The van der Waals surface area contributed by atoms with Gasteiger partial charge in [-0.05, 0) is 25.7 Å². The molecule has 2 heterocycles. The van der Waals surface area contributed by atoms with E-state index in [4.69, 9.17) is 5.73 Å². The minimum absolute atomic E-state index is 0.387. The van der Waals surface area contributed by atoms with Gasteiger partial charge in [-0.25, -0.2) is 4.98 Å². The number of nitrogens with two attached hydrogens (primary N) is 1. The standard InChI is InChI=1S/C13H22N6/c14-13-18-11-4-2-1-3-10(11)12(19-13)17-8-9-7-15-5-6-16-9/h9,15-16H,1-8H2,(H3,14,17,18,19). The van der Waals surface area contributed by atoms with E-state index in [0.717, 1.165) is 50.5 Å². The van der Waals surface area contributed by atoms with Gasteiger partial charge in [-0.3, -0.25) is 0 Å². The Morgan fingerprint density at radius 1 is 1.21 bits per heavy atom. The summed E-state index contributed by atoms with van der Waals surface area (Å²) in [7, 11) is 0. The van der Waals surface area contributed by atoms with Crippen LogP contribution in [0.1, 0.15) is 24.1 Å². The first-order valence-electron chi connectivity index (χ1n) is 7.16. The van der Waals surface area contributed by atoms with Gasteiger partial charge in [0.05, 0.1) is 5.69 Å². The molecule has 1 aromatic heterocycles. The fourth-order valence-electron chi connectivity index (χ4n) is 2.84. The highest BCUT2D eigenvalue weighted by Gasteiger charge is 2.18. The Balaban J connectivity index is 1.70. The van der Waals surface area contributed by atoms with Crippen molar-refractivity contribution in [2.75, 3.05) is 37.2 Å². The maximum atomic E-state index is 5.80. The average molecular weight is 262 g/mol. The molecule has 0 bridgehead atoms. The SMILES string of the molecule is Nc1nc2c(c(NCC3CNCCN3)n1)CCCC2. The number of nitrogens with one attached hydrogen (secondary N) is 3. The minimum atomic E-state index is 0.387. The average Bonchev–Trinajstić information content (AvgIpc) is 2.45. The van der Waals surface area contributed by atoms with E-state index in [1.165, 1.54) is 18.4 Å². The van der Waals surface area contributed by atoms with Crippen LogP contribution in [0.15, 0.2) is 0 Å². The third kappa shape index (κ3) is 2.96. The van der Waals surface area contributed by atoms with E-state index in [-0.39, 0.29) is 0 Å². The number of hydrogen-bond acceptors (Lipinski definition) is 6.